The molecule has 0 unspecified atom stereocenters. The predicted octanol–water partition coefficient (Wildman–Crippen LogP) is 3.48. The van der Waals surface area contributed by atoms with Gasteiger partial charge in [-0.25, -0.2) is 4.98 Å². The van der Waals surface area contributed by atoms with E-state index in [1.807, 2.05) is 17.0 Å². The first-order valence-corrected chi connectivity index (χ1v) is 9.40. The average molecular weight is 352 g/mol. The number of piperazine rings is 1. The second kappa shape index (κ2) is 8.21. The van der Waals surface area contributed by atoms with Crippen molar-refractivity contribution >= 4 is 17.4 Å². The van der Waals surface area contributed by atoms with Crippen molar-refractivity contribution in [2.75, 3.05) is 42.9 Å². The largest absolute Gasteiger partial charge is 0.370 e. The van der Waals surface area contributed by atoms with Crippen LogP contribution >= 0.6 is 0 Å². The maximum Gasteiger partial charge on any atom is 0.255 e. The van der Waals surface area contributed by atoms with Crippen LogP contribution in [0.4, 0.5) is 11.5 Å². The third-order valence-corrected chi connectivity index (χ3v) is 5.05. The first kappa shape index (κ1) is 18.2. The van der Waals surface area contributed by atoms with Crippen molar-refractivity contribution in [3.8, 4) is 0 Å². The van der Waals surface area contributed by atoms with Crippen LogP contribution in [0.25, 0.3) is 0 Å². The summed E-state index contributed by atoms with van der Waals surface area (Å²) < 4.78 is 0. The van der Waals surface area contributed by atoms with Crippen LogP contribution in [-0.2, 0) is 0 Å². The van der Waals surface area contributed by atoms with Gasteiger partial charge in [0.1, 0.15) is 5.82 Å². The minimum absolute atomic E-state index is 0.0696. The molecule has 3 rings (SSSR count). The van der Waals surface area contributed by atoms with Gasteiger partial charge in [-0.3, -0.25) is 4.79 Å². The molecule has 5 heteroatoms. The van der Waals surface area contributed by atoms with E-state index in [1.165, 1.54) is 16.8 Å². The number of hydrogen-bond donors (Lipinski definition) is 1. The molecule has 0 spiro atoms. The van der Waals surface area contributed by atoms with Gasteiger partial charge in [0.25, 0.3) is 5.91 Å². The van der Waals surface area contributed by atoms with Gasteiger partial charge >= 0.3 is 0 Å². The highest BCUT2D eigenvalue weighted by atomic mass is 16.2. The molecule has 1 aromatic carbocycles. The zero-order chi connectivity index (χ0) is 18.5. The third kappa shape index (κ3) is 3.98. The summed E-state index contributed by atoms with van der Waals surface area (Å²) in [6.45, 7) is 10.5. The van der Waals surface area contributed by atoms with Crippen molar-refractivity contribution in [2.24, 2.45) is 0 Å². The van der Waals surface area contributed by atoms with Crippen LogP contribution in [0.2, 0.25) is 0 Å². The number of carbonyl (C=O) groups is 1. The van der Waals surface area contributed by atoms with Crippen molar-refractivity contribution in [1.29, 1.82) is 0 Å². The molecule has 138 valence electrons. The Morgan fingerprint density at radius 1 is 1.12 bits per heavy atom. The van der Waals surface area contributed by atoms with Crippen LogP contribution in [0.1, 0.15) is 34.8 Å². The molecule has 1 fully saturated rings. The van der Waals surface area contributed by atoms with Gasteiger partial charge in [-0.05, 0) is 49.6 Å². The van der Waals surface area contributed by atoms with Gasteiger partial charge in [0.05, 0.1) is 5.56 Å². The van der Waals surface area contributed by atoms with Gasteiger partial charge in [-0.15, -0.1) is 0 Å². The van der Waals surface area contributed by atoms with E-state index in [0.717, 1.165) is 45.0 Å². The summed E-state index contributed by atoms with van der Waals surface area (Å²) in [5.41, 5.74) is 4.58. The highest BCUT2D eigenvalue weighted by Gasteiger charge is 2.23. The number of rotatable bonds is 5. The maximum atomic E-state index is 12.7. The summed E-state index contributed by atoms with van der Waals surface area (Å²) >= 11 is 0. The zero-order valence-electron chi connectivity index (χ0n) is 16.0. The topological polar surface area (TPSA) is 48.5 Å². The van der Waals surface area contributed by atoms with E-state index in [4.69, 9.17) is 0 Å². The van der Waals surface area contributed by atoms with Crippen LogP contribution in [0.3, 0.4) is 0 Å². The highest BCUT2D eigenvalue weighted by molar-refractivity contribution is 5.94. The number of nitrogens with one attached hydrogen (secondary N) is 1. The molecular weight excluding hydrogens is 324 g/mol. The number of nitrogens with zero attached hydrogens (tertiary/aromatic N) is 3. The smallest absolute Gasteiger partial charge is 0.255 e. The van der Waals surface area contributed by atoms with Gasteiger partial charge in [-0.1, -0.05) is 19.1 Å². The van der Waals surface area contributed by atoms with Crippen LogP contribution < -0.4 is 10.2 Å². The maximum absolute atomic E-state index is 12.7. The summed E-state index contributed by atoms with van der Waals surface area (Å²) in [4.78, 5) is 21.4. The lowest BCUT2D eigenvalue weighted by Gasteiger charge is -2.37. The second-order valence-electron chi connectivity index (χ2n) is 6.86. The molecule has 1 aliphatic heterocycles. The van der Waals surface area contributed by atoms with Gasteiger partial charge in [-0.2, -0.15) is 0 Å². The molecule has 1 saturated heterocycles. The van der Waals surface area contributed by atoms with E-state index in [9.17, 15) is 4.79 Å². The van der Waals surface area contributed by atoms with Crippen LogP contribution in [0.15, 0.2) is 36.5 Å². The van der Waals surface area contributed by atoms with E-state index in [1.54, 1.807) is 6.20 Å². The normalized spacial score (nSPS) is 14.4. The molecule has 5 nitrogen and oxygen atoms in total. The Morgan fingerprint density at radius 3 is 2.54 bits per heavy atom. The Labute approximate surface area is 156 Å². The van der Waals surface area contributed by atoms with Crippen molar-refractivity contribution in [3.63, 3.8) is 0 Å². The van der Waals surface area contributed by atoms with Gasteiger partial charge in [0.2, 0.25) is 0 Å². The summed E-state index contributed by atoms with van der Waals surface area (Å²) in [5, 5.41) is 3.23. The van der Waals surface area contributed by atoms with E-state index in [2.05, 4.69) is 54.2 Å². The van der Waals surface area contributed by atoms with Crippen molar-refractivity contribution in [3.05, 3.63) is 53.2 Å². The summed E-state index contributed by atoms with van der Waals surface area (Å²) in [6.07, 6.45) is 2.73. The first-order chi connectivity index (χ1) is 12.6. The van der Waals surface area contributed by atoms with Gasteiger partial charge in [0, 0.05) is 44.6 Å². The molecule has 0 atom stereocenters. The fourth-order valence-electron chi connectivity index (χ4n) is 3.29. The van der Waals surface area contributed by atoms with Crippen molar-refractivity contribution in [1.82, 2.24) is 9.88 Å². The molecule has 2 aromatic rings. The number of hydrogen-bond acceptors (Lipinski definition) is 4. The van der Waals surface area contributed by atoms with Crippen molar-refractivity contribution in [2.45, 2.75) is 27.2 Å². The Balaban J connectivity index is 1.60. The number of amides is 1. The lowest BCUT2D eigenvalue weighted by molar-refractivity contribution is 0.0746. The van der Waals surface area contributed by atoms with Crippen molar-refractivity contribution < 1.29 is 4.79 Å². The van der Waals surface area contributed by atoms with Crippen LogP contribution in [0, 0.1) is 13.8 Å². The summed E-state index contributed by atoms with van der Waals surface area (Å²) in [5.74, 6) is 0.892. The Morgan fingerprint density at radius 2 is 1.88 bits per heavy atom. The lowest BCUT2D eigenvalue weighted by Crippen LogP contribution is -2.49. The van der Waals surface area contributed by atoms with Gasteiger partial charge in [0.15, 0.2) is 0 Å². The molecule has 0 saturated carbocycles. The third-order valence-electron chi connectivity index (χ3n) is 5.05. The number of benzene rings is 1. The fraction of sp³-hybridized carbons (Fsp3) is 0.429. The number of aromatic nitrogens is 1. The fourth-order valence-corrected chi connectivity index (χ4v) is 3.29. The molecule has 1 aromatic heterocycles. The summed E-state index contributed by atoms with van der Waals surface area (Å²) in [6, 6.07) is 10.2. The Kier molecular flexibility index (Phi) is 5.76. The monoisotopic (exact) mass is 352 g/mol. The molecule has 1 amide bonds. The molecular formula is C21H28N4O. The van der Waals surface area contributed by atoms with Crippen LogP contribution in [0.5, 0.6) is 0 Å². The summed E-state index contributed by atoms with van der Waals surface area (Å²) in [7, 11) is 0. The number of carbonyl (C=O) groups excluding carboxylic acids is 1. The number of aryl methyl sites for hydroxylation is 1. The molecule has 0 bridgehead atoms. The molecule has 0 aliphatic carbocycles. The number of anilines is 2. The number of pyridine rings is 1. The quantitative estimate of drug-likeness (QED) is 0.895. The van der Waals surface area contributed by atoms with Crippen LogP contribution in [-0.4, -0.2) is 48.5 Å². The second-order valence-corrected chi connectivity index (χ2v) is 6.86. The predicted molar refractivity (Wildman–Crippen MR) is 107 cm³/mol. The average Bonchev–Trinajstić information content (AvgIpc) is 2.68. The first-order valence-electron chi connectivity index (χ1n) is 9.40. The minimum Gasteiger partial charge on any atom is -0.370 e. The Bertz CT molecular complexity index is 749. The van der Waals surface area contributed by atoms with E-state index < -0.39 is 0 Å². The molecule has 2 heterocycles. The van der Waals surface area contributed by atoms with E-state index in [-0.39, 0.29) is 5.91 Å². The van der Waals surface area contributed by atoms with Gasteiger partial charge < -0.3 is 15.1 Å². The SMILES string of the molecule is CCCNc1ccc(C(=O)N2CCN(c3cccc(C)c3C)CC2)cn1. The minimum atomic E-state index is 0.0696. The zero-order valence-corrected chi connectivity index (χ0v) is 16.0. The standard InChI is InChI=1S/C21H28N4O/c1-4-10-22-20-9-8-18(15-23-20)21(26)25-13-11-24(12-14-25)19-7-5-6-16(2)17(19)3/h5-9,15H,4,10-14H2,1-3H3,(H,22,23). The highest BCUT2D eigenvalue weighted by Crippen LogP contribution is 2.24. The molecule has 26 heavy (non-hydrogen) atoms. The molecule has 1 N–H and O–H groups in total. The molecule has 0 radical (unpaired) electrons. The Hall–Kier alpha value is -2.56. The van der Waals surface area contributed by atoms with E-state index in [0.29, 0.717) is 5.56 Å². The molecule has 1 aliphatic rings. The lowest BCUT2D eigenvalue weighted by atomic mass is 10.1. The van der Waals surface area contributed by atoms with E-state index >= 15 is 0 Å².